The van der Waals surface area contributed by atoms with Crippen molar-refractivity contribution in [1.82, 2.24) is 0 Å². The fourth-order valence-corrected chi connectivity index (χ4v) is 2.83. The molecule has 5 heteroatoms. The summed E-state index contributed by atoms with van der Waals surface area (Å²) in [5.41, 5.74) is 6.59. The normalized spacial score (nSPS) is 12.2. The molecule has 2 rings (SSSR count). The zero-order chi connectivity index (χ0) is 14.0. The molecule has 0 saturated carbocycles. The van der Waals surface area contributed by atoms with E-state index in [-0.39, 0.29) is 16.8 Å². The second kappa shape index (κ2) is 5.67. The van der Waals surface area contributed by atoms with Crippen molar-refractivity contribution in [3.8, 4) is 0 Å². The van der Waals surface area contributed by atoms with Crippen LogP contribution in [-0.2, 0) is 0 Å². The van der Waals surface area contributed by atoms with Gasteiger partial charge >= 0.3 is 0 Å². The first-order valence-corrected chi connectivity index (χ1v) is 7.15. The third-order valence-electron chi connectivity index (χ3n) is 3.15. The summed E-state index contributed by atoms with van der Waals surface area (Å²) in [7, 11) is 1.88. The highest BCUT2D eigenvalue weighted by Crippen LogP contribution is 2.30. The van der Waals surface area contributed by atoms with Gasteiger partial charge in [0.1, 0.15) is 10.8 Å². The number of hydrogen-bond donors (Lipinski definition) is 1. The molecule has 0 fully saturated rings. The number of hydrogen-bond acceptors (Lipinski definition) is 3. The van der Waals surface area contributed by atoms with Gasteiger partial charge in [0.25, 0.3) is 0 Å². The van der Waals surface area contributed by atoms with E-state index in [1.54, 1.807) is 23.5 Å². The Morgan fingerprint density at radius 2 is 2.16 bits per heavy atom. The van der Waals surface area contributed by atoms with E-state index in [2.05, 4.69) is 0 Å². The molecule has 2 aromatic rings. The van der Waals surface area contributed by atoms with Gasteiger partial charge in [-0.15, -0.1) is 11.3 Å². The first-order valence-electron chi connectivity index (χ1n) is 5.86. The number of halogens is 1. The molecule has 0 bridgehead atoms. The smallest absolute Gasteiger partial charge is 0.147 e. The van der Waals surface area contributed by atoms with Gasteiger partial charge in [-0.2, -0.15) is 0 Å². The molecule has 0 radical (unpaired) electrons. The molecule has 0 aliphatic rings. The van der Waals surface area contributed by atoms with Crippen LogP contribution in [0.4, 0.5) is 10.1 Å². The standard InChI is InChI=1S/C14H15FN2S2/c1-9(13-4-3-7-19-13)17(2)12-6-5-10(14(16)18)8-11(12)15/h3-9H,1-2H3,(H2,16,18). The van der Waals surface area contributed by atoms with Crippen LogP contribution in [-0.4, -0.2) is 12.0 Å². The predicted molar refractivity (Wildman–Crippen MR) is 83.4 cm³/mol. The van der Waals surface area contributed by atoms with Gasteiger partial charge in [0.2, 0.25) is 0 Å². The van der Waals surface area contributed by atoms with Crippen molar-refractivity contribution in [2.24, 2.45) is 5.73 Å². The third-order valence-corrected chi connectivity index (χ3v) is 4.43. The average Bonchev–Trinajstić information content (AvgIpc) is 2.90. The van der Waals surface area contributed by atoms with Crippen molar-refractivity contribution in [3.05, 3.63) is 52.0 Å². The van der Waals surface area contributed by atoms with Crippen LogP contribution in [0.3, 0.4) is 0 Å². The van der Waals surface area contributed by atoms with Gasteiger partial charge in [0.15, 0.2) is 0 Å². The number of anilines is 1. The van der Waals surface area contributed by atoms with E-state index in [0.717, 1.165) is 0 Å². The van der Waals surface area contributed by atoms with Crippen LogP contribution in [0.5, 0.6) is 0 Å². The lowest BCUT2D eigenvalue weighted by molar-refractivity contribution is 0.613. The fourth-order valence-electron chi connectivity index (χ4n) is 1.87. The van der Waals surface area contributed by atoms with E-state index in [1.165, 1.54) is 10.9 Å². The molecule has 0 saturated heterocycles. The van der Waals surface area contributed by atoms with E-state index >= 15 is 0 Å². The van der Waals surface area contributed by atoms with E-state index < -0.39 is 0 Å². The summed E-state index contributed by atoms with van der Waals surface area (Å²) in [4.78, 5) is 3.31. The summed E-state index contributed by atoms with van der Waals surface area (Å²) in [6.07, 6.45) is 0. The summed E-state index contributed by atoms with van der Waals surface area (Å²) in [6, 6.07) is 9.01. The molecule has 1 aromatic carbocycles. The Morgan fingerprint density at radius 1 is 1.42 bits per heavy atom. The average molecular weight is 294 g/mol. The zero-order valence-corrected chi connectivity index (χ0v) is 12.4. The molecule has 2 N–H and O–H groups in total. The van der Waals surface area contributed by atoms with Crippen LogP contribution in [0.25, 0.3) is 0 Å². The maximum atomic E-state index is 14.1. The molecule has 1 heterocycles. The second-order valence-corrected chi connectivity index (χ2v) is 5.75. The fraction of sp³-hybridized carbons (Fsp3) is 0.214. The topological polar surface area (TPSA) is 29.3 Å². The van der Waals surface area contributed by atoms with Gasteiger partial charge in [-0.1, -0.05) is 18.3 Å². The van der Waals surface area contributed by atoms with Gasteiger partial charge in [0, 0.05) is 17.5 Å². The Hall–Kier alpha value is -1.46. The van der Waals surface area contributed by atoms with Gasteiger partial charge in [0.05, 0.1) is 11.7 Å². The molecule has 2 nitrogen and oxygen atoms in total. The lowest BCUT2D eigenvalue weighted by atomic mass is 10.1. The minimum Gasteiger partial charge on any atom is -0.389 e. The van der Waals surface area contributed by atoms with Gasteiger partial charge in [-0.3, -0.25) is 0 Å². The largest absolute Gasteiger partial charge is 0.389 e. The molecular formula is C14H15FN2S2. The van der Waals surface area contributed by atoms with Crippen LogP contribution < -0.4 is 10.6 Å². The van der Waals surface area contributed by atoms with Crippen molar-refractivity contribution in [2.45, 2.75) is 13.0 Å². The molecular weight excluding hydrogens is 279 g/mol. The Labute approximate surface area is 121 Å². The minimum absolute atomic E-state index is 0.116. The number of rotatable bonds is 4. The molecule has 1 unspecified atom stereocenters. The monoisotopic (exact) mass is 294 g/mol. The van der Waals surface area contributed by atoms with Crippen LogP contribution in [0.15, 0.2) is 35.7 Å². The third kappa shape index (κ3) is 2.93. The Kier molecular flexibility index (Phi) is 4.17. The summed E-state index contributed by atoms with van der Waals surface area (Å²) in [5.74, 6) is -0.309. The van der Waals surface area contributed by atoms with Crippen molar-refractivity contribution in [3.63, 3.8) is 0 Å². The highest BCUT2D eigenvalue weighted by atomic mass is 32.1. The molecule has 0 amide bonds. The van der Waals surface area contributed by atoms with E-state index in [4.69, 9.17) is 18.0 Å². The predicted octanol–water partition coefficient (Wildman–Crippen LogP) is 3.72. The number of nitrogens with two attached hydrogens (primary N) is 1. The van der Waals surface area contributed by atoms with Crippen molar-refractivity contribution >= 4 is 34.2 Å². The van der Waals surface area contributed by atoms with Gasteiger partial charge in [-0.25, -0.2) is 4.39 Å². The summed E-state index contributed by atoms with van der Waals surface area (Å²) >= 11 is 6.51. The number of thiocarbonyl (C=S) groups is 1. The van der Waals surface area contributed by atoms with Crippen LogP contribution in [0.2, 0.25) is 0 Å². The highest BCUT2D eigenvalue weighted by Gasteiger charge is 2.16. The van der Waals surface area contributed by atoms with E-state index in [1.807, 2.05) is 36.4 Å². The Balaban J connectivity index is 2.29. The van der Waals surface area contributed by atoms with Gasteiger partial charge in [-0.05, 0) is 36.6 Å². The molecule has 1 atom stereocenters. The first kappa shape index (κ1) is 14.0. The second-order valence-electron chi connectivity index (χ2n) is 4.33. The van der Waals surface area contributed by atoms with E-state index in [0.29, 0.717) is 11.3 Å². The number of thiophene rings is 1. The molecule has 100 valence electrons. The Morgan fingerprint density at radius 3 is 2.68 bits per heavy atom. The summed E-state index contributed by atoms with van der Waals surface area (Å²) < 4.78 is 14.1. The SMILES string of the molecule is CC(c1cccs1)N(C)c1ccc(C(N)=S)cc1F. The molecule has 19 heavy (non-hydrogen) atoms. The maximum Gasteiger partial charge on any atom is 0.147 e. The van der Waals surface area contributed by atoms with E-state index in [9.17, 15) is 4.39 Å². The quantitative estimate of drug-likeness (QED) is 0.871. The number of nitrogens with zero attached hydrogens (tertiary/aromatic N) is 1. The number of benzene rings is 1. The maximum absolute atomic E-state index is 14.1. The van der Waals surface area contributed by atoms with Gasteiger partial charge < -0.3 is 10.6 Å². The van der Waals surface area contributed by atoms with Crippen LogP contribution in [0.1, 0.15) is 23.4 Å². The summed E-state index contributed by atoms with van der Waals surface area (Å²) in [6.45, 7) is 2.05. The lowest BCUT2D eigenvalue weighted by Crippen LogP contribution is -2.22. The Bertz CT molecular complexity index is 581. The first-order chi connectivity index (χ1) is 9.00. The lowest BCUT2D eigenvalue weighted by Gasteiger charge is -2.26. The molecule has 0 aliphatic carbocycles. The van der Waals surface area contributed by atoms with Crippen LogP contribution >= 0.6 is 23.6 Å². The van der Waals surface area contributed by atoms with Crippen LogP contribution in [0, 0.1) is 5.82 Å². The van der Waals surface area contributed by atoms with Crippen molar-refractivity contribution in [1.29, 1.82) is 0 Å². The zero-order valence-electron chi connectivity index (χ0n) is 10.8. The highest BCUT2D eigenvalue weighted by molar-refractivity contribution is 7.80. The molecule has 0 aliphatic heterocycles. The summed E-state index contributed by atoms with van der Waals surface area (Å²) in [5, 5.41) is 2.02. The van der Waals surface area contributed by atoms with Crippen molar-refractivity contribution < 1.29 is 4.39 Å². The van der Waals surface area contributed by atoms with Crippen molar-refractivity contribution in [2.75, 3.05) is 11.9 Å². The minimum atomic E-state index is -0.309. The molecule has 1 aromatic heterocycles. The molecule has 0 spiro atoms.